The molecule has 0 unspecified atom stereocenters. The van der Waals surface area contributed by atoms with E-state index in [0.29, 0.717) is 0 Å². The molecule has 1 aromatic heterocycles. The summed E-state index contributed by atoms with van der Waals surface area (Å²) < 4.78 is 0. The molecule has 0 fully saturated rings. The molecule has 0 aliphatic heterocycles. The first kappa shape index (κ1) is 5.56. The average Bonchev–Trinajstić information content (AvgIpc) is 2.19. The molecule has 0 saturated carbocycles. The number of aromatic amines is 1. The fourth-order valence-corrected chi connectivity index (χ4v) is 0.712. The lowest BCUT2D eigenvalue weighted by molar-refractivity contribution is 1.08. The molecule has 0 aromatic carbocycles. The van der Waals surface area contributed by atoms with Crippen LogP contribution in [0.3, 0.4) is 0 Å². The Morgan fingerprint density at radius 3 is 3.12 bits per heavy atom. The molecule has 0 bridgehead atoms. The van der Waals surface area contributed by atoms with E-state index in [0.717, 1.165) is 5.69 Å². The summed E-state index contributed by atoms with van der Waals surface area (Å²) in [5.74, 6) is 0. The molecule has 0 amide bonds. The number of nitrogens with one attached hydrogen (secondary N) is 1. The summed E-state index contributed by atoms with van der Waals surface area (Å²) in [5.41, 5.74) is 1.00. The summed E-state index contributed by atoms with van der Waals surface area (Å²) in [6, 6.07) is 1.89. The number of halogens is 1. The minimum absolute atomic E-state index is 1.00. The quantitative estimate of drug-likeness (QED) is 0.688. The number of hydrogen-bond donors (Lipinski definition) is 1. The molecule has 0 atom stereocenters. The van der Waals surface area contributed by atoms with Gasteiger partial charge in [0, 0.05) is 6.20 Å². The lowest BCUT2D eigenvalue weighted by Crippen LogP contribution is -1.67. The van der Waals surface area contributed by atoms with E-state index in [1.807, 2.05) is 12.1 Å². The molecular weight excluding hydrogens is 168 g/mol. The van der Waals surface area contributed by atoms with Gasteiger partial charge in [-0.05, 0) is 17.1 Å². The molecule has 42 valence electrons. The molecule has 8 heavy (non-hydrogen) atoms. The number of hydrogen-bond acceptors (Lipinski definition) is 1. The van der Waals surface area contributed by atoms with Crippen LogP contribution in [-0.4, -0.2) is 10.2 Å². The average molecular weight is 173 g/mol. The minimum atomic E-state index is 1.00. The van der Waals surface area contributed by atoms with Crippen LogP contribution in [0.25, 0.3) is 6.08 Å². The van der Waals surface area contributed by atoms with E-state index < -0.39 is 0 Å². The van der Waals surface area contributed by atoms with E-state index in [2.05, 4.69) is 26.1 Å². The van der Waals surface area contributed by atoms with Crippen LogP contribution in [0.5, 0.6) is 0 Å². The van der Waals surface area contributed by atoms with Crippen LogP contribution in [0.1, 0.15) is 5.69 Å². The Morgan fingerprint density at radius 1 is 1.75 bits per heavy atom. The van der Waals surface area contributed by atoms with Gasteiger partial charge in [-0.25, -0.2) is 0 Å². The summed E-state index contributed by atoms with van der Waals surface area (Å²) in [6.45, 7) is 0. The Hall–Kier alpha value is -0.570. The molecule has 3 heteroatoms. The molecule has 1 heterocycles. The van der Waals surface area contributed by atoms with Crippen molar-refractivity contribution < 1.29 is 0 Å². The highest BCUT2D eigenvalue weighted by molar-refractivity contribution is 9.11. The van der Waals surface area contributed by atoms with Crippen molar-refractivity contribution in [2.24, 2.45) is 0 Å². The Morgan fingerprint density at radius 2 is 2.62 bits per heavy atom. The van der Waals surface area contributed by atoms with E-state index >= 15 is 0 Å². The lowest BCUT2D eigenvalue weighted by atomic mass is 10.4. The Bertz CT molecular complexity index is 167. The molecule has 1 rings (SSSR count). The van der Waals surface area contributed by atoms with Gasteiger partial charge in [-0.2, -0.15) is 5.10 Å². The molecule has 0 spiro atoms. The first-order valence-corrected chi connectivity index (χ1v) is 3.11. The predicted octanol–water partition coefficient (Wildman–Crippen LogP) is 1.78. The van der Waals surface area contributed by atoms with Crippen molar-refractivity contribution in [2.75, 3.05) is 0 Å². The highest BCUT2D eigenvalue weighted by atomic mass is 79.9. The third-order valence-corrected chi connectivity index (χ3v) is 1.03. The van der Waals surface area contributed by atoms with Crippen molar-refractivity contribution in [1.29, 1.82) is 0 Å². The second-order valence-corrected chi connectivity index (χ2v) is 1.83. The van der Waals surface area contributed by atoms with Crippen molar-refractivity contribution in [3.63, 3.8) is 0 Å². The van der Waals surface area contributed by atoms with Gasteiger partial charge in [0.15, 0.2) is 0 Å². The normalized spacial score (nSPS) is 10.6. The topological polar surface area (TPSA) is 28.7 Å². The van der Waals surface area contributed by atoms with Gasteiger partial charge in [0.25, 0.3) is 0 Å². The van der Waals surface area contributed by atoms with Crippen LogP contribution in [-0.2, 0) is 0 Å². The Labute approximate surface area is 55.7 Å². The standard InChI is InChI=1S/C5H5BrN2/c6-3-1-5-2-4-7-8-5/h1-4H,(H,7,8)/b3-1+. The molecule has 0 radical (unpaired) electrons. The zero-order valence-corrected chi connectivity index (χ0v) is 5.72. The Balaban J connectivity index is 2.77. The van der Waals surface area contributed by atoms with Crippen molar-refractivity contribution in [3.05, 3.63) is 22.9 Å². The smallest absolute Gasteiger partial charge is 0.0582 e. The molecule has 2 nitrogen and oxygen atoms in total. The van der Waals surface area contributed by atoms with E-state index in [1.54, 1.807) is 11.2 Å². The van der Waals surface area contributed by atoms with Gasteiger partial charge in [-0.1, -0.05) is 15.9 Å². The second kappa shape index (κ2) is 2.67. The predicted molar refractivity (Wildman–Crippen MR) is 36.5 cm³/mol. The minimum Gasteiger partial charge on any atom is -0.278 e. The van der Waals surface area contributed by atoms with E-state index in [4.69, 9.17) is 0 Å². The number of aromatic nitrogens is 2. The number of H-pyrrole nitrogens is 1. The fraction of sp³-hybridized carbons (Fsp3) is 0. The largest absolute Gasteiger partial charge is 0.278 e. The van der Waals surface area contributed by atoms with Gasteiger partial charge in [-0.15, -0.1) is 0 Å². The third kappa shape index (κ3) is 1.20. The van der Waals surface area contributed by atoms with E-state index in [-0.39, 0.29) is 0 Å². The van der Waals surface area contributed by atoms with Gasteiger partial charge in [-0.3, -0.25) is 5.10 Å². The van der Waals surface area contributed by atoms with Gasteiger partial charge >= 0.3 is 0 Å². The molecule has 0 aliphatic carbocycles. The summed E-state index contributed by atoms with van der Waals surface area (Å²) in [7, 11) is 0. The number of rotatable bonds is 1. The monoisotopic (exact) mass is 172 g/mol. The summed E-state index contributed by atoms with van der Waals surface area (Å²) in [5, 5.41) is 6.51. The SMILES string of the molecule is Br/C=C/c1ccn[nH]1. The maximum absolute atomic E-state index is 3.74. The Kier molecular flexibility index (Phi) is 1.86. The van der Waals surface area contributed by atoms with Crippen LogP contribution >= 0.6 is 15.9 Å². The summed E-state index contributed by atoms with van der Waals surface area (Å²) in [6.07, 6.45) is 3.59. The zero-order chi connectivity index (χ0) is 5.82. The molecule has 1 N–H and O–H groups in total. The van der Waals surface area contributed by atoms with Crippen LogP contribution in [0.4, 0.5) is 0 Å². The van der Waals surface area contributed by atoms with Gasteiger partial charge in [0.1, 0.15) is 0 Å². The first-order chi connectivity index (χ1) is 3.93. The molecule has 0 saturated heterocycles. The molecule has 1 aromatic rings. The van der Waals surface area contributed by atoms with Crippen LogP contribution in [0.2, 0.25) is 0 Å². The van der Waals surface area contributed by atoms with Gasteiger partial charge < -0.3 is 0 Å². The maximum Gasteiger partial charge on any atom is 0.0582 e. The van der Waals surface area contributed by atoms with E-state index in [9.17, 15) is 0 Å². The molecular formula is C5H5BrN2. The maximum atomic E-state index is 3.74. The summed E-state index contributed by atoms with van der Waals surface area (Å²) >= 11 is 3.14. The van der Waals surface area contributed by atoms with Crippen molar-refractivity contribution in [3.8, 4) is 0 Å². The zero-order valence-electron chi connectivity index (χ0n) is 4.13. The number of nitrogens with zero attached hydrogens (tertiary/aromatic N) is 1. The van der Waals surface area contributed by atoms with Gasteiger partial charge in [0.2, 0.25) is 0 Å². The first-order valence-electron chi connectivity index (χ1n) is 2.19. The lowest BCUT2D eigenvalue weighted by Gasteiger charge is -1.75. The van der Waals surface area contributed by atoms with Crippen LogP contribution in [0, 0.1) is 0 Å². The summed E-state index contributed by atoms with van der Waals surface area (Å²) in [4.78, 5) is 1.78. The molecule has 0 aliphatic rings. The highest BCUT2D eigenvalue weighted by Gasteiger charge is 1.80. The highest BCUT2D eigenvalue weighted by Crippen LogP contribution is 1.96. The van der Waals surface area contributed by atoms with Crippen molar-refractivity contribution in [2.45, 2.75) is 0 Å². The van der Waals surface area contributed by atoms with Crippen molar-refractivity contribution >= 4 is 22.0 Å². The van der Waals surface area contributed by atoms with Crippen LogP contribution < -0.4 is 0 Å². The van der Waals surface area contributed by atoms with Gasteiger partial charge in [0.05, 0.1) is 5.69 Å². The van der Waals surface area contributed by atoms with Crippen LogP contribution in [0.15, 0.2) is 17.2 Å². The van der Waals surface area contributed by atoms with Crippen molar-refractivity contribution in [1.82, 2.24) is 10.2 Å². The third-order valence-electron chi connectivity index (χ3n) is 0.765. The fourth-order valence-electron chi connectivity index (χ4n) is 0.427. The second-order valence-electron chi connectivity index (χ2n) is 1.30. The van der Waals surface area contributed by atoms with E-state index in [1.165, 1.54) is 0 Å².